The highest BCUT2D eigenvalue weighted by Gasteiger charge is 2.34. The van der Waals surface area contributed by atoms with E-state index in [0.29, 0.717) is 17.9 Å². The third-order valence-electron chi connectivity index (χ3n) is 5.05. The molecule has 30 heavy (non-hydrogen) atoms. The van der Waals surface area contributed by atoms with Gasteiger partial charge in [0, 0.05) is 11.7 Å². The summed E-state index contributed by atoms with van der Waals surface area (Å²) in [5.74, 6) is 0.800. The van der Waals surface area contributed by atoms with Gasteiger partial charge in [-0.3, -0.25) is 10.1 Å². The van der Waals surface area contributed by atoms with Gasteiger partial charge in [-0.25, -0.2) is 0 Å². The molecular weight excluding hydrogens is 421 g/mol. The summed E-state index contributed by atoms with van der Waals surface area (Å²) < 4.78 is 49.7. The highest BCUT2D eigenvalue weighted by Crippen LogP contribution is 2.37. The van der Waals surface area contributed by atoms with Crippen molar-refractivity contribution in [3.63, 3.8) is 0 Å². The number of piperidine rings is 1. The van der Waals surface area contributed by atoms with Gasteiger partial charge in [-0.05, 0) is 55.2 Å². The van der Waals surface area contributed by atoms with Crippen LogP contribution in [0, 0.1) is 0 Å². The minimum Gasteiger partial charge on any atom is -0.493 e. The number of nitrogens with one attached hydrogen (secondary N) is 2. The monoisotopic (exact) mass is 442 g/mol. The third kappa shape index (κ3) is 4.99. The van der Waals surface area contributed by atoms with Crippen molar-refractivity contribution in [2.45, 2.75) is 37.5 Å². The molecule has 0 aliphatic carbocycles. The van der Waals surface area contributed by atoms with Gasteiger partial charge in [-0.2, -0.15) is 13.2 Å². The second kappa shape index (κ2) is 9.14. The van der Waals surface area contributed by atoms with E-state index >= 15 is 0 Å². The van der Waals surface area contributed by atoms with Crippen LogP contribution < -0.4 is 20.1 Å². The maximum atomic E-state index is 13.0. The fraction of sp³-hybridized carbons (Fsp3) is 0.381. The van der Waals surface area contributed by atoms with Crippen molar-refractivity contribution in [1.82, 2.24) is 5.32 Å². The summed E-state index contributed by atoms with van der Waals surface area (Å²) in [4.78, 5) is 12.7. The van der Waals surface area contributed by atoms with Gasteiger partial charge >= 0.3 is 6.18 Å². The summed E-state index contributed by atoms with van der Waals surface area (Å²) in [6, 6.07) is 8.23. The molecule has 0 aromatic heterocycles. The highest BCUT2D eigenvalue weighted by molar-refractivity contribution is 6.31. The number of anilines is 1. The molecule has 2 aromatic rings. The quantitative estimate of drug-likeness (QED) is 0.668. The summed E-state index contributed by atoms with van der Waals surface area (Å²) in [7, 11) is 3.10. The van der Waals surface area contributed by atoms with Crippen LogP contribution in [0.1, 0.15) is 36.4 Å². The molecule has 0 saturated carbocycles. The highest BCUT2D eigenvalue weighted by atomic mass is 35.5. The lowest BCUT2D eigenvalue weighted by Crippen LogP contribution is -2.45. The second-order valence-electron chi connectivity index (χ2n) is 7.00. The number of benzene rings is 2. The molecule has 3 rings (SSSR count). The van der Waals surface area contributed by atoms with E-state index in [2.05, 4.69) is 10.6 Å². The van der Waals surface area contributed by atoms with E-state index in [0.717, 1.165) is 30.5 Å². The number of carbonyl (C=O) groups is 1. The summed E-state index contributed by atoms with van der Waals surface area (Å²) in [6.07, 6.45) is -2.41. The normalized spacial score (nSPS) is 19.3. The molecule has 0 bridgehead atoms. The van der Waals surface area contributed by atoms with E-state index in [4.69, 9.17) is 21.1 Å². The predicted octanol–water partition coefficient (Wildman–Crippen LogP) is 5.20. The molecule has 0 radical (unpaired) electrons. The average Bonchev–Trinajstić information content (AvgIpc) is 2.73. The minimum absolute atomic E-state index is 0.0479. The van der Waals surface area contributed by atoms with Crippen LogP contribution in [0.5, 0.6) is 11.5 Å². The number of alkyl halides is 3. The Morgan fingerprint density at radius 1 is 1.10 bits per heavy atom. The van der Waals surface area contributed by atoms with Crippen LogP contribution in [-0.4, -0.2) is 26.2 Å². The number of methoxy groups -OCH3 is 2. The van der Waals surface area contributed by atoms with Crippen molar-refractivity contribution in [2.75, 3.05) is 19.5 Å². The first-order chi connectivity index (χ1) is 14.2. The Kier molecular flexibility index (Phi) is 6.77. The number of halogens is 4. The van der Waals surface area contributed by atoms with Crippen molar-refractivity contribution in [1.29, 1.82) is 0 Å². The molecule has 1 aliphatic rings. The van der Waals surface area contributed by atoms with Gasteiger partial charge in [0.1, 0.15) is 0 Å². The first-order valence-corrected chi connectivity index (χ1v) is 9.76. The van der Waals surface area contributed by atoms with Gasteiger partial charge in [0.2, 0.25) is 5.91 Å². The van der Waals surface area contributed by atoms with Crippen LogP contribution in [0.3, 0.4) is 0 Å². The van der Waals surface area contributed by atoms with Gasteiger partial charge in [0.15, 0.2) is 11.5 Å². The Balaban J connectivity index is 1.72. The van der Waals surface area contributed by atoms with E-state index in [1.54, 1.807) is 20.3 Å². The number of carbonyl (C=O) groups excluding carboxylic acids is 1. The smallest absolute Gasteiger partial charge is 0.417 e. The second-order valence-corrected chi connectivity index (χ2v) is 7.41. The van der Waals surface area contributed by atoms with Crippen LogP contribution in [0.25, 0.3) is 0 Å². The molecule has 1 amide bonds. The lowest BCUT2D eigenvalue weighted by Gasteiger charge is -2.31. The largest absolute Gasteiger partial charge is 0.493 e. The standard InChI is InChI=1S/C21H22ClF3N2O3/c1-29-18-9-6-12(10-19(18)30-2)16-4-3-5-17(27-16)20(28)26-13-7-8-15(22)14(11-13)21(23,24)25/h6-11,16-17,27H,3-5H2,1-2H3,(H,26,28)/t16-,17+/m1/s1. The molecule has 1 heterocycles. The fourth-order valence-corrected chi connectivity index (χ4v) is 3.75. The van der Waals surface area contributed by atoms with E-state index in [1.807, 2.05) is 12.1 Å². The summed E-state index contributed by atoms with van der Waals surface area (Å²) >= 11 is 5.64. The molecule has 2 N–H and O–H groups in total. The topological polar surface area (TPSA) is 59.6 Å². The van der Waals surface area contributed by atoms with E-state index in [1.165, 1.54) is 6.07 Å². The Morgan fingerprint density at radius 3 is 2.50 bits per heavy atom. The Labute approximate surface area is 177 Å². The molecule has 9 heteroatoms. The molecule has 1 fully saturated rings. The Bertz CT molecular complexity index is 921. The first kappa shape index (κ1) is 22.2. The van der Waals surface area contributed by atoms with E-state index in [-0.39, 0.29) is 11.7 Å². The van der Waals surface area contributed by atoms with Crippen LogP contribution in [-0.2, 0) is 11.0 Å². The summed E-state index contributed by atoms with van der Waals surface area (Å²) in [6.45, 7) is 0. The van der Waals surface area contributed by atoms with Gasteiger partial charge in [0.05, 0.1) is 30.8 Å². The van der Waals surface area contributed by atoms with Crippen molar-refractivity contribution >= 4 is 23.2 Å². The number of ether oxygens (including phenoxy) is 2. The van der Waals surface area contributed by atoms with Gasteiger partial charge < -0.3 is 14.8 Å². The van der Waals surface area contributed by atoms with Crippen LogP contribution in [0.4, 0.5) is 18.9 Å². The van der Waals surface area contributed by atoms with Crippen LogP contribution in [0.2, 0.25) is 5.02 Å². The average molecular weight is 443 g/mol. The summed E-state index contributed by atoms with van der Waals surface area (Å²) in [5.41, 5.74) is 0.00420. The number of hydrogen-bond acceptors (Lipinski definition) is 4. The lowest BCUT2D eigenvalue weighted by atomic mass is 9.93. The molecular formula is C21H22ClF3N2O3. The number of amides is 1. The first-order valence-electron chi connectivity index (χ1n) is 9.38. The molecule has 1 saturated heterocycles. The van der Waals surface area contributed by atoms with Crippen molar-refractivity contribution in [2.24, 2.45) is 0 Å². The number of hydrogen-bond donors (Lipinski definition) is 2. The molecule has 1 aliphatic heterocycles. The van der Waals surface area contributed by atoms with Crippen molar-refractivity contribution in [3.8, 4) is 11.5 Å². The Morgan fingerprint density at radius 2 is 1.83 bits per heavy atom. The molecule has 2 aromatic carbocycles. The summed E-state index contributed by atoms with van der Waals surface area (Å²) in [5, 5.41) is 5.43. The molecule has 0 spiro atoms. The SMILES string of the molecule is COc1ccc([C@H]2CCC[C@@H](C(=O)Nc3ccc(Cl)c(C(F)(F)F)c3)N2)cc1OC. The van der Waals surface area contributed by atoms with Crippen molar-refractivity contribution < 1.29 is 27.4 Å². The zero-order chi connectivity index (χ0) is 21.9. The maximum absolute atomic E-state index is 13.0. The zero-order valence-corrected chi connectivity index (χ0v) is 17.2. The van der Waals surface area contributed by atoms with Crippen molar-refractivity contribution in [3.05, 3.63) is 52.5 Å². The van der Waals surface area contributed by atoms with Gasteiger partial charge in [-0.15, -0.1) is 0 Å². The minimum atomic E-state index is -4.60. The van der Waals surface area contributed by atoms with Crippen LogP contribution >= 0.6 is 11.6 Å². The van der Waals surface area contributed by atoms with E-state index in [9.17, 15) is 18.0 Å². The predicted molar refractivity (Wildman–Crippen MR) is 108 cm³/mol. The fourth-order valence-electron chi connectivity index (χ4n) is 3.52. The number of rotatable bonds is 5. The maximum Gasteiger partial charge on any atom is 0.417 e. The van der Waals surface area contributed by atoms with Gasteiger partial charge in [0.25, 0.3) is 0 Å². The van der Waals surface area contributed by atoms with Gasteiger partial charge in [-0.1, -0.05) is 17.7 Å². The molecule has 0 unspecified atom stereocenters. The molecule has 2 atom stereocenters. The Hall–Kier alpha value is -2.45. The third-order valence-corrected chi connectivity index (χ3v) is 5.38. The molecule has 5 nitrogen and oxygen atoms in total. The molecule has 162 valence electrons. The zero-order valence-electron chi connectivity index (χ0n) is 16.5. The van der Waals surface area contributed by atoms with Crippen LogP contribution in [0.15, 0.2) is 36.4 Å². The lowest BCUT2D eigenvalue weighted by molar-refractivity contribution is -0.137. The van der Waals surface area contributed by atoms with E-state index < -0.39 is 28.7 Å².